The van der Waals surface area contributed by atoms with E-state index in [1.807, 2.05) is 0 Å². The molecule has 1 aliphatic rings. The average molecular weight is 237 g/mol. The summed E-state index contributed by atoms with van der Waals surface area (Å²) in [5.41, 5.74) is 1.40. The van der Waals surface area contributed by atoms with Crippen molar-refractivity contribution >= 4 is 0 Å². The fourth-order valence-corrected chi connectivity index (χ4v) is 2.71. The van der Waals surface area contributed by atoms with Crippen molar-refractivity contribution in [2.75, 3.05) is 13.2 Å². The van der Waals surface area contributed by atoms with Crippen molar-refractivity contribution in [3.63, 3.8) is 0 Å². The molecule has 0 aromatic rings. The molecule has 0 amide bonds. The van der Waals surface area contributed by atoms with Crippen LogP contribution in [0.4, 0.5) is 0 Å². The Morgan fingerprint density at radius 1 is 1.53 bits per heavy atom. The van der Waals surface area contributed by atoms with Crippen molar-refractivity contribution in [2.45, 2.75) is 58.0 Å². The molecule has 0 bridgehead atoms. The van der Waals surface area contributed by atoms with Crippen LogP contribution in [0.5, 0.6) is 0 Å². The van der Waals surface area contributed by atoms with E-state index in [0.717, 1.165) is 25.8 Å². The Labute approximate surface area is 106 Å². The van der Waals surface area contributed by atoms with Crippen molar-refractivity contribution in [1.29, 1.82) is 0 Å². The van der Waals surface area contributed by atoms with Gasteiger partial charge < -0.3 is 5.11 Å². The summed E-state index contributed by atoms with van der Waals surface area (Å²) in [6, 6.07) is 0.324. The van der Waals surface area contributed by atoms with Crippen LogP contribution in [0.3, 0.4) is 0 Å². The lowest BCUT2D eigenvalue weighted by atomic mass is 9.92. The van der Waals surface area contributed by atoms with Gasteiger partial charge in [-0.1, -0.05) is 17.7 Å². The first-order chi connectivity index (χ1) is 8.03. The Hall–Kier alpha value is -0.600. The van der Waals surface area contributed by atoms with Gasteiger partial charge in [-0.15, -0.1) is 6.58 Å². The predicted octanol–water partition coefficient (Wildman–Crippen LogP) is 3.13. The quantitative estimate of drug-likeness (QED) is 0.717. The summed E-state index contributed by atoms with van der Waals surface area (Å²) in [5, 5.41) is 9.42. The molecule has 0 unspecified atom stereocenters. The molecule has 0 radical (unpaired) electrons. The SMILES string of the molecule is C=C[C@@](C)(CCC=C(C)C)N1CCC[C@H]1CO. The third kappa shape index (κ3) is 3.68. The van der Waals surface area contributed by atoms with Crippen molar-refractivity contribution in [3.8, 4) is 0 Å². The number of allylic oxidation sites excluding steroid dienone is 2. The minimum absolute atomic E-state index is 0.0237. The van der Waals surface area contributed by atoms with Gasteiger partial charge >= 0.3 is 0 Å². The Bertz CT molecular complexity index is 281. The monoisotopic (exact) mass is 237 g/mol. The maximum Gasteiger partial charge on any atom is 0.0587 e. The van der Waals surface area contributed by atoms with Crippen LogP contribution in [-0.2, 0) is 0 Å². The molecule has 1 N–H and O–H groups in total. The zero-order valence-electron chi connectivity index (χ0n) is 11.6. The van der Waals surface area contributed by atoms with Crippen LogP contribution in [0.15, 0.2) is 24.3 Å². The topological polar surface area (TPSA) is 23.5 Å². The first-order valence-corrected chi connectivity index (χ1v) is 6.68. The van der Waals surface area contributed by atoms with Crippen LogP contribution in [0.25, 0.3) is 0 Å². The third-order valence-corrected chi connectivity index (χ3v) is 3.89. The molecule has 1 heterocycles. The number of likely N-dealkylation sites (tertiary alicyclic amines) is 1. The Kier molecular flexibility index (Phi) is 5.41. The highest BCUT2D eigenvalue weighted by atomic mass is 16.3. The number of aliphatic hydroxyl groups excluding tert-OH is 1. The molecule has 1 aliphatic heterocycles. The van der Waals surface area contributed by atoms with Gasteiger partial charge in [-0.05, 0) is 53.0 Å². The van der Waals surface area contributed by atoms with Gasteiger partial charge in [0.1, 0.15) is 0 Å². The van der Waals surface area contributed by atoms with E-state index < -0.39 is 0 Å². The van der Waals surface area contributed by atoms with E-state index in [9.17, 15) is 5.11 Å². The highest BCUT2D eigenvalue weighted by Gasteiger charge is 2.36. The highest BCUT2D eigenvalue weighted by Crippen LogP contribution is 2.31. The molecule has 98 valence electrons. The van der Waals surface area contributed by atoms with Crippen LogP contribution in [0.1, 0.15) is 46.5 Å². The summed E-state index contributed by atoms with van der Waals surface area (Å²) in [7, 11) is 0. The van der Waals surface area contributed by atoms with Gasteiger partial charge in [0.15, 0.2) is 0 Å². The number of hydrogen-bond donors (Lipinski definition) is 1. The third-order valence-electron chi connectivity index (χ3n) is 3.89. The summed E-state index contributed by atoms with van der Waals surface area (Å²) >= 11 is 0. The van der Waals surface area contributed by atoms with Crippen LogP contribution in [0, 0.1) is 0 Å². The molecule has 2 atom stereocenters. The van der Waals surface area contributed by atoms with E-state index in [2.05, 4.69) is 44.4 Å². The maximum atomic E-state index is 9.42. The fourth-order valence-electron chi connectivity index (χ4n) is 2.71. The molecule has 1 fully saturated rings. The molecule has 0 aromatic heterocycles. The van der Waals surface area contributed by atoms with Crippen LogP contribution < -0.4 is 0 Å². The zero-order chi connectivity index (χ0) is 12.9. The van der Waals surface area contributed by atoms with E-state index in [1.165, 1.54) is 12.0 Å². The minimum Gasteiger partial charge on any atom is -0.395 e. The summed E-state index contributed by atoms with van der Waals surface area (Å²) in [6.45, 7) is 11.9. The standard InChI is InChI=1S/C15H27NO/c1-5-15(4,10-6-8-13(2)3)16-11-7-9-14(16)12-17/h5,8,14,17H,1,6-7,9-12H2,2-4H3/t14-,15-/m0/s1. The smallest absolute Gasteiger partial charge is 0.0587 e. The predicted molar refractivity (Wildman–Crippen MR) is 74.1 cm³/mol. The largest absolute Gasteiger partial charge is 0.395 e. The number of nitrogens with zero attached hydrogens (tertiary/aromatic N) is 1. The molecule has 0 saturated carbocycles. The lowest BCUT2D eigenvalue weighted by Crippen LogP contribution is -2.48. The molecule has 2 nitrogen and oxygen atoms in total. The van der Waals surface area contributed by atoms with Gasteiger partial charge in [0.05, 0.1) is 6.61 Å². The van der Waals surface area contributed by atoms with E-state index >= 15 is 0 Å². The van der Waals surface area contributed by atoms with Crippen LogP contribution in [0.2, 0.25) is 0 Å². The summed E-state index contributed by atoms with van der Waals surface area (Å²) in [4.78, 5) is 2.43. The maximum absolute atomic E-state index is 9.42. The van der Waals surface area contributed by atoms with Crippen LogP contribution in [-0.4, -0.2) is 34.7 Å². The molecular formula is C15H27NO. The fraction of sp³-hybridized carbons (Fsp3) is 0.733. The van der Waals surface area contributed by atoms with Gasteiger partial charge in [0, 0.05) is 11.6 Å². The van der Waals surface area contributed by atoms with Gasteiger partial charge in [-0.25, -0.2) is 0 Å². The highest BCUT2D eigenvalue weighted by molar-refractivity contribution is 5.06. The lowest BCUT2D eigenvalue weighted by Gasteiger charge is -2.40. The van der Waals surface area contributed by atoms with Crippen molar-refractivity contribution in [1.82, 2.24) is 4.90 Å². The van der Waals surface area contributed by atoms with E-state index in [0.29, 0.717) is 6.04 Å². The number of rotatable bonds is 6. The summed E-state index contributed by atoms with van der Waals surface area (Å²) < 4.78 is 0. The second-order valence-electron chi connectivity index (χ2n) is 5.55. The molecule has 0 spiro atoms. The second-order valence-corrected chi connectivity index (χ2v) is 5.55. The summed E-state index contributed by atoms with van der Waals surface area (Å²) in [6.07, 6.45) is 8.81. The zero-order valence-corrected chi connectivity index (χ0v) is 11.6. The van der Waals surface area contributed by atoms with Crippen molar-refractivity contribution < 1.29 is 5.11 Å². The molecule has 0 aromatic carbocycles. The molecule has 17 heavy (non-hydrogen) atoms. The van der Waals surface area contributed by atoms with Gasteiger partial charge in [0.25, 0.3) is 0 Å². The first-order valence-electron chi connectivity index (χ1n) is 6.68. The van der Waals surface area contributed by atoms with Crippen molar-refractivity contribution in [3.05, 3.63) is 24.3 Å². The molecule has 1 rings (SSSR count). The van der Waals surface area contributed by atoms with Crippen LogP contribution >= 0.6 is 0 Å². The number of hydrogen-bond acceptors (Lipinski definition) is 2. The minimum atomic E-state index is 0.0237. The molecule has 2 heteroatoms. The molecular weight excluding hydrogens is 210 g/mol. The van der Waals surface area contributed by atoms with E-state index in [4.69, 9.17) is 0 Å². The van der Waals surface area contributed by atoms with Gasteiger partial charge in [0.2, 0.25) is 0 Å². The first kappa shape index (κ1) is 14.5. The Balaban J connectivity index is 2.66. The molecule has 1 saturated heterocycles. The normalized spacial score (nSPS) is 24.4. The van der Waals surface area contributed by atoms with E-state index in [-0.39, 0.29) is 12.1 Å². The number of aliphatic hydroxyl groups is 1. The average Bonchev–Trinajstić information content (AvgIpc) is 2.76. The Morgan fingerprint density at radius 2 is 2.24 bits per heavy atom. The Morgan fingerprint density at radius 3 is 2.76 bits per heavy atom. The van der Waals surface area contributed by atoms with Gasteiger partial charge in [-0.2, -0.15) is 0 Å². The second kappa shape index (κ2) is 6.36. The lowest BCUT2D eigenvalue weighted by molar-refractivity contribution is 0.0818. The summed E-state index contributed by atoms with van der Waals surface area (Å²) in [5.74, 6) is 0. The van der Waals surface area contributed by atoms with Crippen molar-refractivity contribution in [2.24, 2.45) is 0 Å². The molecule has 0 aliphatic carbocycles. The van der Waals surface area contributed by atoms with E-state index in [1.54, 1.807) is 0 Å². The van der Waals surface area contributed by atoms with Gasteiger partial charge in [-0.3, -0.25) is 4.90 Å².